The number of halogens is 2. The minimum absolute atomic E-state index is 0.185. The number of amides is 1. The lowest BCUT2D eigenvalue weighted by molar-refractivity contribution is 0.102. The van der Waals surface area contributed by atoms with Crippen LogP contribution in [0.25, 0.3) is 0 Å². The molecule has 6 nitrogen and oxygen atoms in total. The number of carbonyl (C=O) groups excluding carboxylic acids is 1. The highest BCUT2D eigenvalue weighted by molar-refractivity contribution is 6.39. The first-order valence-electron chi connectivity index (χ1n) is 7.43. The Hall–Kier alpha value is -1.89. The number of para-hydroxylation sites is 1. The van der Waals surface area contributed by atoms with E-state index >= 15 is 0 Å². The first kappa shape index (κ1) is 18.4. The molecule has 0 atom stereocenters. The summed E-state index contributed by atoms with van der Waals surface area (Å²) in [4.78, 5) is 22.6. The van der Waals surface area contributed by atoms with E-state index in [1.807, 2.05) is 14.1 Å². The summed E-state index contributed by atoms with van der Waals surface area (Å²) < 4.78 is 0. The standard InChI is InChI=1S/C16H19Cl2N5O/c1-23(2)8-4-7-19-14-10-20-13(9-21-14)16(24)22-15-11(17)5-3-6-12(15)18/h3,5-6,9-10H,4,7-8H2,1-2H3,(H,19,21)(H,22,24). The summed E-state index contributed by atoms with van der Waals surface area (Å²) in [7, 11) is 4.05. The van der Waals surface area contributed by atoms with Gasteiger partial charge in [-0.3, -0.25) is 4.79 Å². The quantitative estimate of drug-likeness (QED) is 0.733. The number of hydrogen-bond donors (Lipinski definition) is 2. The van der Waals surface area contributed by atoms with Crippen LogP contribution >= 0.6 is 23.2 Å². The maximum Gasteiger partial charge on any atom is 0.275 e. The van der Waals surface area contributed by atoms with Crippen LogP contribution in [0.4, 0.5) is 11.5 Å². The van der Waals surface area contributed by atoms with E-state index in [9.17, 15) is 4.79 Å². The molecule has 0 saturated carbocycles. The lowest BCUT2D eigenvalue weighted by Gasteiger charge is -2.10. The molecule has 128 valence electrons. The summed E-state index contributed by atoms with van der Waals surface area (Å²) >= 11 is 12.1. The largest absolute Gasteiger partial charge is 0.369 e. The molecule has 1 aromatic carbocycles. The van der Waals surface area contributed by atoms with Gasteiger partial charge in [0.2, 0.25) is 0 Å². The normalized spacial score (nSPS) is 10.7. The van der Waals surface area contributed by atoms with Crippen molar-refractivity contribution in [2.45, 2.75) is 6.42 Å². The van der Waals surface area contributed by atoms with Gasteiger partial charge in [0.05, 0.1) is 28.1 Å². The molecule has 0 spiro atoms. The molecule has 2 rings (SSSR count). The third kappa shape index (κ3) is 5.33. The number of nitrogens with one attached hydrogen (secondary N) is 2. The molecule has 1 amide bonds. The lowest BCUT2D eigenvalue weighted by atomic mass is 10.3. The fraction of sp³-hybridized carbons (Fsp3) is 0.312. The van der Waals surface area contributed by atoms with E-state index in [1.165, 1.54) is 12.4 Å². The van der Waals surface area contributed by atoms with Crippen molar-refractivity contribution in [3.63, 3.8) is 0 Å². The summed E-state index contributed by atoms with van der Waals surface area (Å²) in [6.45, 7) is 1.77. The molecule has 0 aliphatic rings. The van der Waals surface area contributed by atoms with Crippen LogP contribution in [-0.4, -0.2) is 48.0 Å². The Bertz CT molecular complexity index is 671. The third-order valence-corrected chi connectivity index (χ3v) is 3.80. The van der Waals surface area contributed by atoms with Gasteiger partial charge < -0.3 is 15.5 Å². The minimum Gasteiger partial charge on any atom is -0.369 e. The van der Waals surface area contributed by atoms with E-state index in [-0.39, 0.29) is 5.69 Å². The van der Waals surface area contributed by atoms with Crippen LogP contribution in [0.1, 0.15) is 16.9 Å². The highest BCUT2D eigenvalue weighted by Gasteiger charge is 2.13. The van der Waals surface area contributed by atoms with Gasteiger partial charge in [-0.2, -0.15) is 0 Å². The number of carbonyl (C=O) groups is 1. The van der Waals surface area contributed by atoms with Crippen molar-refractivity contribution in [2.75, 3.05) is 37.8 Å². The molecule has 8 heteroatoms. The first-order valence-corrected chi connectivity index (χ1v) is 8.19. The Morgan fingerprint density at radius 1 is 1.17 bits per heavy atom. The summed E-state index contributed by atoms with van der Waals surface area (Å²) in [6.07, 6.45) is 3.93. The Labute approximate surface area is 151 Å². The molecule has 0 unspecified atom stereocenters. The van der Waals surface area contributed by atoms with Gasteiger partial charge in [-0.15, -0.1) is 0 Å². The Morgan fingerprint density at radius 3 is 2.46 bits per heavy atom. The zero-order valence-corrected chi connectivity index (χ0v) is 15.0. The first-order chi connectivity index (χ1) is 11.5. The maximum absolute atomic E-state index is 12.2. The molecule has 0 saturated heterocycles. The van der Waals surface area contributed by atoms with Crippen LogP contribution in [0.15, 0.2) is 30.6 Å². The second kappa shape index (κ2) is 8.82. The molecule has 2 aromatic rings. The van der Waals surface area contributed by atoms with Gasteiger partial charge in [-0.05, 0) is 39.2 Å². The molecule has 1 aromatic heterocycles. The summed E-state index contributed by atoms with van der Waals surface area (Å²) in [6, 6.07) is 5.00. The monoisotopic (exact) mass is 367 g/mol. The predicted octanol–water partition coefficient (Wildman–Crippen LogP) is 3.40. The molecule has 2 N–H and O–H groups in total. The molecule has 0 fully saturated rings. The predicted molar refractivity (Wildman–Crippen MR) is 98.1 cm³/mol. The van der Waals surface area contributed by atoms with Gasteiger partial charge in [-0.25, -0.2) is 9.97 Å². The SMILES string of the molecule is CN(C)CCCNc1cnc(C(=O)Nc2c(Cl)cccc2Cl)cn1. The van der Waals surface area contributed by atoms with Gasteiger partial charge in [0, 0.05) is 6.54 Å². The fourth-order valence-corrected chi connectivity index (χ4v) is 2.44. The van der Waals surface area contributed by atoms with Crippen molar-refractivity contribution in [2.24, 2.45) is 0 Å². The van der Waals surface area contributed by atoms with E-state index in [0.717, 1.165) is 19.5 Å². The average molecular weight is 368 g/mol. The number of benzene rings is 1. The summed E-state index contributed by atoms with van der Waals surface area (Å²) in [5.74, 6) is 0.206. The highest BCUT2D eigenvalue weighted by atomic mass is 35.5. The van der Waals surface area contributed by atoms with Crippen LogP contribution in [0.3, 0.4) is 0 Å². The minimum atomic E-state index is -0.420. The van der Waals surface area contributed by atoms with Gasteiger partial charge in [0.1, 0.15) is 11.5 Å². The number of hydrogen-bond acceptors (Lipinski definition) is 5. The van der Waals surface area contributed by atoms with Crippen molar-refractivity contribution in [1.82, 2.24) is 14.9 Å². The second-order valence-corrected chi connectivity index (χ2v) is 6.24. The van der Waals surface area contributed by atoms with E-state index in [2.05, 4.69) is 25.5 Å². The van der Waals surface area contributed by atoms with Gasteiger partial charge >= 0.3 is 0 Å². The molecular weight excluding hydrogens is 349 g/mol. The van der Waals surface area contributed by atoms with E-state index in [0.29, 0.717) is 21.6 Å². The summed E-state index contributed by atoms with van der Waals surface area (Å²) in [5.41, 5.74) is 0.545. The fourth-order valence-electron chi connectivity index (χ4n) is 1.94. The average Bonchev–Trinajstić information content (AvgIpc) is 2.55. The van der Waals surface area contributed by atoms with Crippen molar-refractivity contribution < 1.29 is 4.79 Å². The second-order valence-electron chi connectivity index (χ2n) is 5.42. The van der Waals surface area contributed by atoms with Gasteiger partial charge in [0.25, 0.3) is 5.91 Å². The molecule has 0 aliphatic carbocycles. The van der Waals surface area contributed by atoms with Crippen molar-refractivity contribution in [1.29, 1.82) is 0 Å². The van der Waals surface area contributed by atoms with Crippen molar-refractivity contribution >= 4 is 40.6 Å². The number of anilines is 2. The zero-order valence-electron chi connectivity index (χ0n) is 13.5. The number of rotatable bonds is 7. The van der Waals surface area contributed by atoms with Gasteiger partial charge in [-0.1, -0.05) is 29.3 Å². The van der Waals surface area contributed by atoms with E-state index < -0.39 is 5.91 Å². The summed E-state index contributed by atoms with van der Waals surface area (Å²) in [5, 5.41) is 6.54. The van der Waals surface area contributed by atoms with Crippen molar-refractivity contribution in [3.8, 4) is 0 Å². The van der Waals surface area contributed by atoms with Crippen LogP contribution in [0, 0.1) is 0 Å². The molecule has 0 bridgehead atoms. The third-order valence-electron chi connectivity index (χ3n) is 3.17. The molecule has 0 radical (unpaired) electrons. The highest BCUT2D eigenvalue weighted by Crippen LogP contribution is 2.30. The Kier molecular flexibility index (Phi) is 6.78. The molecular formula is C16H19Cl2N5O. The van der Waals surface area contributed by atoms with Gasteiger partial charge in [0.15, 0.2) is 0 Å². The lowest BCUT2D eigenvalue weighted by Crippen LogP contribution is -2.17. The molecule has 0 aliphatic heterocycles. The zero-order chi connectivity index (χ0) is 17.5. The van der Waals surface area contributed by atoms with Crippen LogP contribution in [0.5, 0.6) is 0 Å². The Balaban J connectivity index is 1.94. The molecule has 24 heavy (non-hydrogen) atoms. The number of nitrogens with zero attached hydrogens (tertiary/aromatic N) is 3. The maximum atomic E-state index is 12.2. The van der Waals surface area contributed by atoms with Crippen LogP contribution in [-0.2, 0) is 0 Å². The van der Waals surface area contributed by atoms with Crippen LogP contribution < -0.4 is 10.6 Å². The van der Waals surface area contributed by atoms with Crippen molar-refractivity contribution in [3.05, 3.63) is 46.3 Å². The van der Waals surface area contributed by atoms with E-state index in [1.54, 1.807) is 18.2 Å². The van der Waals surface area contributed by atoms with Crippen LogP contribution in [0.2, 0.25) is 10.0 Å². The molecule has 1 heterocycles. The number of aromatic nitrogens is 2. The smallest absolute Gasteiger partial charge is 0.275 e. The topological polar surface area (TPSA) is 70.2 Å². The Morgan fingerprint density at radius 2 is 1.88 bits per heavy atom. The van der Waals surface area contributed by atoms with E-state index in [4.69, 9.17) is 23.2 Å².